The lowest BCUT2D eigenvalue weighted by Gasteiger charge is -2.34. The van der Waals surface area contributed by atoms with Crippen molar-refractivity contribution in [3.05, 3.63) is 79.9 Å². The lowest BCUT2D eigenvalue weighted by Crippen LogP contribution is -2.41. The molecule has 0 spiro atoms. The summed E-state index contributed by atoms with van der Waals surface area (Å²) in [5.41, 5.74) is 0.00506. The van der Waals surface area contributed by atoms with E-state index in [2.05, 4.69) is 0 Å². The van der Waals surface area contributed by atoms with Crippen LogP contribution < -0.4 is 0 Å². The molecule has 0 bridgehead atoms. The molecule has 0 unspecified atom stereocenters. The molecule has 0 N–H and O–H groups in total. The molecule has 1 amide bonds. The summed E-state index contributed by atoms with van der Waals surface area (Å²) in [6, 6.07) is 12.6. The number of nitro benzene ring substituents is 2. The minimum Gasteiger partial charge on any atom is -0.331 e. The Bertz CT molecular complexity index is 846. The van der Waals surface area contributed by atoms with E-state index in [1.54, 1.807) is 4.90 Å². The molecule has 1 aliphatic carbocycles. The predicted octanol–water partition coefficient (Wildman–Crippen LogP) is 4.48. The van der Waals surface area contributed by atoms with Crippen LogP contribution in [0.15, 0.2) is 48.5 Å². The van der Waals surface area contributed by atoms with E-state index in [9.17, 15) is 25.0 Å². The monoisotopic (exact) mass is 383 g/mol. The number of hydrogen-bond donors (Lipinski definition) is 0. The van der Waals surface area contributed by atoms with E-state index >= 15 is 0 Å². The Balaban J connectivity index is 1.98. The van der Waals surface area contributed by atoms with Crippen molar-refractivity contribution < 1.29 is 14.6 Å². The van der Waals surface area contributed by atoms with E-state index in [4.69, 9.17) is 0 Å². The van der Waals surface area contributed by atoms with Crippen molar-refractivity contribution in [1.29, 1.82) is 0 Å². The van der Waals surface area contributed by atoms with Gasteiger partial charge in [-0.2, -0.15) is 0 Å². The third-order valence-electron chi connectivity index (χ3n) is 5.04. The maximum Gasteiger partial charge on any atom is 0.277 e. The van der Waals surface area contributed by atoms with Crippen LogP contribution >= 0.6 is 0 Å². The number of carbonyl (C=O) groups excluding carboxylic acids is 1. The first-order valence-corrected chi connectivity index (χ1v) is 9.24. The third-order valence-corrected chi connectivity index (χ3v) is 5.04. The zero-order chi connectivity index (χ0) is 20.1. The average molecular weight is 383 g/mol. The standard InChI is InChI=1S/C20H21N3O5/c24-20(16-11-18(22(25)26)13-19(12-16)23(27)28)21(17-9-5-2-6-10-17)14-15-7-3-1-4-8-15/h1,3-4,7-8,11-13,17H,2,5-6,9-10,14H2. The topological polar surface area (TPSA) is 107 Å². The number of non-ortho nitro benzene ring substituents is 2. The number of nitro groups is 2. The van der Waals surface area contributed by atoms with Crippen LogP contribution in [0.3, 0.4) is 0 Å². The fourth-order valence-electron chi connectivity index (χ4n) is 3.63. The third kappa shape index (κ3) is 4.51. The molecule has 2 aromatic carbocycles. The quantitative estimate of drug-likeness (QED) is 0.540. The van der Waals surface area contributed by atoms with E-state index in [0.717, 1.165) is 55.9 Å². The molecule has 1 saturated carbocycles. The molecule has 0 atom stereocenters. The number of hydrogen-bond acceptors (Lipinski definition) is 5. The minimum absolute atomic E-state index is 0.0137. The van der Waals surface area contributed by atoms with Crippen molar-refractivity contribution >= 4 is 17.3 Å². The van der Waals surface area contributed by atoms with Crippen molar-refractivity contribution in [3.63, 3.8) is 0 Å². The van der Waals surface area contributed by atoms with Gasteiger partial charge in [0.05, 0.1) is 21.5 Å². The minimum atomic E-state index is -0.716. The summed E-state index contributed by atoms with van der Waals surface area (Å²) < 4.78 is 0. The van der Waals surface area contributed by atoms with Gasteiger partial charge in [-0.05, 0) is 18.4 Å². The van der Waals surface area contributed by atoms with Gasteiger partial charge in [0.1, 0.15) is 0 Å². The van der Waals surface area contributed by atoms with Gasteiger partial charge in [0, 0.05) is 24.7 Å². The Hall–Kier alpha value is -3.29. The molecule has 146 valence electrons. The van der Waals surface area contributed by atoms with Crippen LogP contribution in [0.25, 0.3) is 0 Å². The van der Waals surface area contributed by atoms with Crippen LogP contribution in [0.4, 0.5) is 11.4 Å². The van der Waals surface area contributed by atoms with E-state index in [0.29, 0.717) is 6.54 Å². The molecule has 8 heteroatoms. The summed E-state index contributed by atoms with van der Waals surface area (Å²) in [7, 11) is 0. The van der Waals surface area contributed by atoms with Gasteiger partial charge < -0.3 is 4.90 Å². The lowest BCUT2D eigenvalue weighted by molar-refractivity contribution is -0.394. The average Bonchev–Trinajstić information content (AvgIpc) is 2.72. The zero-order valence-electron chi connectivity index (χ0n) is 15.3. The highest BCUT2D eigenvalue weighted by Gasteiger charge is 2.29. The first-order valence-electron chi connectivity index (χ1n) is 9.24. The predicted molar refractivity (Wildman–Crippen MR) is 103 cm³/mol. The van der Waals surface area contributed by atoms with Crippen molar-refractivity contribution in [2.75, 3.05) is 0 Å². The Morgan fingerprint density at radius 2 is 1.50 bits per heavy atom. The normalized spacial score (nSPS) is 14.4. The van der Waals surface area contributed by atoms with Gasteiger partial charge in [0.15, 0.2) is 0 Å². The summed E-state index contributed by atoms with van der Waals surface area (Å²) in [4.78, 5) is 35.9. The molecule has 0 saturated heterocycles. The summed E-state index contributed by atoms with van der Waals surface area (Å²) in [5.74, 6) is -0.414. The molecular formula is C20H21N3O5. The number of benzene rings is 2. The van der Waals surface area contributed by atoms with E-state index < -0.39 is 27.1 Å². The molecule has 0 aliphatic heterocycles. The molecule has 8 nitrogen and oxygen atoms in total. The van der Waals surface area contributed by atoms with Crippen molar-refractivity contribution in [3.8, 4) is 0 Å². The van der Waals surface area contributed by atoms with Crippen LogP contribution in [0, 0.1) is 20.2 Å². The van der Waals surface area contributed by atoms with Gasteiger partial charge in [-0.3, -0.25) is 25.0 Å². The second-order valence-electron chi connectivity index (χ2n) is 6.96. The van der Waals surface area contributed by atoms with Gasteiger partial charge >= 0.3 is 0 Å². The molecule has 28 heavy (non-hydrogen) atoms. The Morgan fingerprint density at radius 1 is 0.929 bits per heavy atom. The maximum absolute atomic E-state index is 13.3. The second kappa shape index (κ2) is 8.60. The SMILES string of the molecule is O=C(c1cc([N+](=O)[O-])cc([N+](=O)[O-])c1)N(Cc1ccccc1)C1CCCCC1. The molecule has 0 heterocycles. The van der Waals surface area contributed by atoms with Gasteiger partial charge in [0.25, 0.3) is 17.3 Å². The molecule has 0 radical (unpaired) electrons. The van der Waals surface area contributed by atoms with Crippen molar-refractivity contribution in [2.24, 2.45) is 0 Å². The van der Waals surface area contributed by atoms with Crippen LogP contribution in [-0.4, -0.2) is 26.7 Å². The van der Waals surface area contributed by atoms with Crippen molar-refractivity contribution in [1.82, 2.24) is 4.90 Å². The first-order chi connectivity index (χ1) is 13.5. The number of amides is 1. The number of rotatable bonds is 6. The van der Waals surface area contributed by atoms with Gasteiger partial charge in [-0.1, -0.05) is 49.6 Å². The van der Waals surface area contributed by atoms with E-state index in [-0.39, 0.29) is 11.6 Å². The van der Waals surface area contributed by atoms with Crippen molar-refractivity contribution in [2.45, 2.75) is 44.7 Å². The van der Waals surface area contributed by atoms with Crippen LogP contribution in [-0.2, 0) is 6.54 Å². The molecule has 2 aromatic rings. The highest BCUT2D eigenvalue weighted by atomic mass is 16.6. The smallest absolute Gasteiger partial charge is 0.277 e. The Kier molecular flexibility index (Phi) is 5.98. The Morgan fingerprint density at radius 3 is 2.04 bits per heavy atom. The highest BCUT2D eigenvalue weighted by molar-refractivity contribution is 5.95. The molecule has 0 aromatic heterocycles. The largest absolute Gasteiger partial charge is 0.331 e. The Labute approximate surface area is 162 Å². The van der Waals surface area contributed by atoms with Gasteiger partial charge in [-0.25, -0.2) is 0 Å². The summed E-state index contributed by atoms with van der Waals surface area (Å²) >= 11 is 0. The first kappa shape index (κ1) is 19.5. The summed E-state index contributed by atoms with van der Waals surface area (Å²) in [6.07, 6.45) is 4.86. The van der Waals surface area contributed by atoms with Crippen LogP contribution in [0.1, 0.15) is 48.0 Å². The van der Waals surface area contributed by atoms with Crippen LogP contribution in [0.5, 0.6) is 0 Å². The number of nitrogens with zero attached hydrogens (tertiary/aromatic N) is 3. The second-order valence-corrected chi connectivity index (χ2v) is 6.96. The maximum atomic E-state index is 13.3. The van der Waals surface area contributed by atoms with Crippen LogP contribution in [0.2, 0.25) is 0 Å². The zero-order valence-corrected chi connectivity index (χ0v) is 15.3. The summed E-state index contributed by atoms with van der Waals surface area (Å²) in [6.45, 7) is 0.362. The summed E-state index contributed by atoms with van der Waals surface area (Å²) in [5, 5.41) is 22.3. The fourth-order valence-corrected chi connectivity index (χ4v) is 3.63. The number of carbonyl (C=O) groups is 1. The van der Waals surface area contributed by atoms with E-state index in [1.165, 1.54) is 0 Å². The molecule has 1 aliphatic rings. The fraction of sp³-hybridized carbons (Fsp3) is 0.350. The van der Waals surface area contributed by atoms with Gasteiger partial charge in [-0.15, -0.1) is 0 Å². The molecular weight excluding hydrogens is 362 g/mol. The van der Waals surface area contributed by atoms with E-state index in [1.807, 2.05) is 30.3 Å². The lowest BCUT2D eigenvalue weighted by atomic mass is 9.93. The van der Waals surface area contributed by atoms with Gasteiger partial charge in [0.2, 0.25) is 0 Å². The molecule has 3 rings (SSSR count). The molecule has 1 fully saturated rings. The highest BCUT2D eigenvalue weighted by Crippen LogP contribution is 2.28.